The van der Waals surface area contributed by atoms with Crippen molar-refractivity contribution in [2.24, 2.45) is 0 Å². The summed E-state index contributed by atoms with van der Waals surface area (Å²) in [5, 5.41) is 33.1. The second kappa shape index (κ2) is 15.3. The Bertz CT molecular complexity index is 4220. The van der Waals surface area contributed by atoms with Crippen LogP contribution in [0, 0.1) is 36.9 Å². The average Bonchev–Trinajstić information content (AvgIpc) is 4.05. The maximum Gasteiger partial charge on any atom is 0.104 e. The minimum atomic E-state index is 0.388. The predicted molar refractivity (Wildman–Crippen MR) is 304 cm³/mol. The Balaban J connectivity index is 1.40. The van der Waals surface area contributed by atoms with E-state index >= 15 is 0 Å². The largest absolute Gasteiger partial charge is 0.306 e. The summed E-state index contributed by atoms with van der Waals surface area (Å²) in [7, 11) is 0. The first-order valence-corrected chi connectivity index (χ1v) is 25.5. The molecule has 0 unspecified atom stereocenters. The monoisotopic (exact) mass is 1290 g/mol. The summed E-state index contributed by atoms with van der Waals surface area (Å²) in [6.45, 7) is 0. The number of fused-ring (bicyclic) bond motifs is 12. The Morgan fingerprint density at radius 2 is 0.515 bits per heavy atom. The van der Waals surface area contributed by atoms with E-state index in [4.69, 9.17) is 0 Å². The molecule has 0 aliphatic rings. The first kappa shape index (κ1) is 40.4. The first-order chi connectivity index (χ1) is 32.3. The summed E-state index contributed by atoms with van der Waals surface area (Å²) in [5.74, 6) is 0. The van der Waals surface area contributed by atoms with Crippen LogP contribution in [-0.4, -0.2) is 18.3 Å². The van der Waals surface area contributed by atoms with Crippen LogP contribution in [0.2, 0.25) is 0 Å². The van der Waals surface area contributed by atoms with E-state index in [1.165, 1.54) is 0 Å². The number of hydrogen-bond acceptors (Lipinski definition) is 2. The highest BCUT2D eigenvalue weighted by Gasteiger charge is 2.34. The molecule has 0 amide bonds. The van der Waals surface area contributed by atoms with E-state index in [1.807, 2.05) is 6.07 Å². The Hall–Kier alpha value is -5.92. The van der Waals surface area contributed by atoms with E-state index in [9.17, 15) is 10.5 Å². The van der Waals surface area contributed by atoms with Gasteiger partial charge in [0.1, 0.15) is 23.3 Å². The lowest BCUT2D eigenvalue weighted by Gasteiger charge is -2.27. The van der Waals surface area contributed by atoms with Crippen molar-refractivity contribution in [3.8, 4) is 34.9 Å². The number of nitriles is 2. The van der Waals surface area contributed by atoms with E-state index in [0.717, 1.165) is 107 Å². The minimum Gasteiger partial charge on any atom is -0.306 e. The standard InChI is InChI=1S/C56H28I4N6/c57-31-17-21-49-39(25-31)35-9-1-5-13-45(35)63(49)53-43(29-61)54(64-46-14-6-2-10-36(46)40-26-32(58)18-22-50(40)64)56(66-48-16-8-4-12-38(48)42-28-34(60)20-24-52(42)66)55(44(53)30-62)65-47-15-7-3-11-37(47)41-27-33(59)19-23-51(41)65/h1-28H. The molecule has 10 heteroatoms. The lowest BCUT2D eigenvalue weighted by Crippen LogP contribution is -2.17. The van der Waals surface area contributed by atoms with Gasteiger partial charge in [0.05, 0.1) is 66.9 Å². The molecule has 0 fully saturated rings. The van der Waals surface area contributed by atoms with Gasteiger partial charge in [0.15, 0.2) is 0 Å². The molecule has 66 heavy (non-hydrogen) atoms. The van der Waals surface area contributed by atoms with Crippen LogP contribution in [0.5, 0.6) is 0 Å². The smallest absolute Gasteiger partial charge is 0.104 e. The molecular weight excluding hydrogens is 1260 g/mol. The number of rotatable bonds is 4. The molecule has 310 valence electrons. The van der Waals surface area contributed by atoms with Crippen LogP contribution >= 0.6 is 90.4 Å². The third-order valence-electron chi connectivity index (χ3n) is 13.1. The molecule has 0 N–H and O–H groups in total. The van der Waals surface area contributed by atoms with Crippen molar-refractivity contribution >= 4 is 178 Å². The Labute approximate surface area is 431 Å². The molecule has 0 saturated carbocycles. The molecule has 0 aliphatic carbocycles. The Morgan fingerprint density at radius 1 is 0.273 bits per heavy atom. The maximum absolute atomic E-state index is 12.3. The van der Waals surface area contributed by atoms with Crippen molar-refractivity contribution in [3.05, 3.63) is 195 Å². The number of para-hydroxylation sites is 4. The summed E-state index contributed by atoms with van der Waals surface area (Å²) in [5.41, 5.74) is 11.0. The van der Waals surface area contributed by atoms with Crippen LogP contribution in [0.1, 0.15) is 11.1 Å². The minimum absolute atomic E-state index is 0.388. The van der Waals surface area contributed by atoms with Crippen LogP contribution in [0.3, 0.4) is 0 Å². The zero-order valence-electron chi connectivity index (χ0n) is 34.4. The Kier molecular flexibility index (Phi) is 9.37. The highest BCUT2D eigenvalue weighted by Crippen LogP contribution is 2.49. The second-order valence-electron chi connectivity index (χ2n) is 16.4. The second-order valence-corrected chi connectivity index (χ2v) is 21.4. The van der Waals surface area contributed by atoms with Gasteiger partial charge < -0.3 is 18.3 Å². The zero-order chi connectivity index (χ0) is 44.5. The van der Waals surface area contributed by atoms with Crippen LogP contribution in [-0.2, 0) is 0 Å². The molecule has 0 atom stereocenters. The fourth-order valence-corrected chi connectivity index (χ4v) is 12.5. The van der Waals surface area contributed by atoms with Gasteiger partial charge in [-0.1, -0.05) is 72.8 Å². The van der Waals surface area contributed by atoms with Gasteiger partial charge in [-0.05, 0) is 187 Å². The first-order valence-electron chi connectivity index (χ1n) is 21.1. The van der Waals surface area contributed by atoms with Crippen molar-refractivity contribution in [2.75, 3.05) is 0 Å². The van der Waals surface area contributed by atoms with Gasteiger partial charge in [0.2, 0.25) is 0 Å². The lowest BCUT2D eigenvalue weighted by molar-refractivity contribution is 1.02. The number of hydrogen-bond donors (Lipinski definition) is 0. The van der Waals surface area contributed by atoms with Crippen molar-refractivity contribution in [1.82, 2.24) is 18.3 Å². The van der Waals surface area contributed by atoms with Crippen molar-refractivity contribution in [1.29, 1.82) is 10.5 Å². The van der Waals surface area contributed by atoms with E-state index in [1.54, 1.807) is 0 Å². The van der Waals surface area contributed by atoms with Gasteiger partial charge in [0, 0.05) is 57.4 Å². The predicted octanol–water partition coefficient (Wildman–Crippen LogP) is 16.2. The van der Waals surface area contributed by atoms with Crippen molar-refractivity contribution in [3.63, 3.8) is 0 Å². The van der Waals surface area contributed by atoms with E-state index in [0.29, 0.717) is 28.2 Å². The van der Waals surface area contributed by atoms with Gasteiger partial charge in [0.25, 0.3) is 0 Å². The molecule has 9 aromatic carbocycles. The quantitative estimate of drug-likeness (QED) is 0.165. The number of nitrogens with zero attached hydrogens (tertiary/aromatic N) is 6. The summed E-state index contributed by atoms with van der Waals surface area (Å²) in [6.07, 6.45) is 0. The molecule has 0 bridgehead atoms. The van der Waals surface area contributed by atoms with Gasteiger partial charge in [-0.15, -0.1) is 0 Å². The third kappa shape index (κ3) is 5.71. The van der Waals surface area contributed by atoms with Gasteiger partial charge in [-0.2, -0.15) is 10.5 Å². The Morgan fingerprint density at radius 3 is 0.803 bits per heavy atom. The summed E-state index contributed by atoms with van der Waals surface area (Å²) in [6, 6.07) is 65.6. The third-order valence-corrected chi connectivity index (χ3v) is 15.7. The maximum atomic E-state index is 12.3. The fraction of sp³-hybridized carbons (Fsp3) is 0. The van der Waals surface area contributed by atoms with E-state index < -0.39 is 0 Å². The van der Waals surface area contributed by atoms with Crippen LogP contribution in [0.4, 0.5) is 0 Å². The van der Waals surface area contributed by atoms with Gasteiger partial charge >= 0.3 is 0 Å². The van der Waals surface area contributed by atoms with Crippen LogP contribution in [0.15, 0.2) is 170 Å². The normalized spacial score (nSPS) is 11.9. The highest BCUT2D eigenvalue weighted by atomic mass is 127. The summed E-state index contributed by atoms with van der Waals surface area (Å²) in [4.78, 5) is 0. The summed E-state index contributed by atoms with van der Waals surface area (Å²) >= 11 is 9.56. The molecule has 4 heterocycles. The van der Waals surface area contributed by atoms with Gasteiger partial charge in [-0.3, -0.25) is 0 Å². The topological polar surface area (TPSA) is 67.3 Å². The SMILES string of the molecule is N#Cc1c(-n2c3ccccc3c3cc(I)ccc32)c(C#N)c(-n2c3ccccc3c3cc(I)ccc32)c(-n2c3ccccc3c3cc(I)ccc32)c1-n1c2ccccc2c2cc(I)ccc21. The molecule has 0 aliphatic heterocycles. The lowest BCUT2D eigenvalue weighted by atomic mass is 9.98. The number of aromatic nitrogens is 4. The zero-order valence-corrected chi connectivity index (χ0v) is 43.0. The van der Waals surface area contributed by atoms with Crippen LogP contribution < -0.4 is 0 Å². The molecular formula is C56H28I4N6. The molecule has 6 nitrogen and oxygen atoms in total. The molecule has 0 spiro atoms. The highest BCUT2D eigenvalue weighted by molar-refractivity contribution is 14.1. The molecule has 4 aromatic heterocycles. The number of benzene rings is 9. The van der Waals surface area contributed by atoms with Crippen molar-refractivity contribution < 1.29 is 0 Å². The van der Waals surface area contributed by atoms with Gasteiger partial charge in [-0.25, -0.2) is 0 Å². The fourth-order valence-electron chi connectivity index (χ4n) is 10.5. The van der Waals surface area contributed by atoms with E-state index in [-0.39, 0.29) is 0 Å². The molecule has 13 rings (SSSR count). The summed E-state index contributed by atoms with van der Waals surface area (Å²) < 4.78 is 13.5. The molecule has 0 radical (unpaired) electrons. The van der Waals surface area contributed by atoms with Crippen molar-refractivity contribution in [2.45, 2.75) is 0 Å². The average molecular weight is 1290 g/mol. The van der Waals surface area contributed by atoms with E-state index in [2.05, 4.69) is 285 Å². The van der Waals surface area contributed by atoms with Crippen LogP contribution in [0.25, 0.3) is 110 Å². The molecule has 13 aromatic rings. The molecule has 0 saturated heterocycles. The number of halogens is 4.